The third kappa shape index (κ3) is 5.51. The summed E-state index contributed by atoms with van der Waals surface area (Å²) in [5, 5.41) is 0. The van der Waals surface area contributed by atoms with Gasteiger partial charge in [0.2, 0.25) is 0 Å². The molecule has 0 spiro atoms. The van der Waals surface area contributed by atoms with Crippen LogP contribution in [0.3, 0.4) is 0 Å². The zero-order valence-electron chi connectivity index (χ0n) is 22.9. The van der Waals surface area contributed by atoms with Crippen molar-refractivity contribution in [1.29, 1.82) is 0 Å². The van der Waals surface area contributed by atoms with Crippen molar-refractivity contribution in [3.8, 4) is 33.4 Å². The summed E-state index contributed by atoms with van der Waals surface area (Å²) in [7, 11) is 0. The standard InChI is InChI=1S/C25H17.C8H8.C5H5.2ClH.Ti/c1-3-7-18(8-4-1)20-11-13-24-22(15-20)17-23-16-21(12-14-25(23)24)19-9-5-2-6-10-19;1-2-8-6-4-3-5-7-8;1-2-4-5-3-1;;;/h1-15H,17H2;3-7H,1H3;1-3H,4H2;2*1H;/q;;;;;+2/p-2. The van der Waals surface area contributed by atoms with E-state index in [9.17, 15) is 0 Å². The molecule has 2 aliphatic carbocycles. The summed E-state index contributed by atoms with van der Waals surface area (Å²) in [6.45, 7) is 2.41. The molecule has 200 valence electrons. The van der Waals surface area contributed by atoms with Crippen molar-refractivity contribution >= 4 is 7.68 Å². The van der Waals surface area contributed by atoms with Crippen molar-refractivity contribution in [2.75, 3.05) is 0 Å². The van der Waals surface area contributed by atoms with Crippen molar-refractivity contribution in [1.82, 2.24) is 0 Å². The van der Waals surface area contributed by atoms with E-state index in [2.05, 4.69) is 146 Å². The van der Waals surface area contributed by atoms with Crippen molar-refractivity contribution < 1.29 is 42.2 Å². The number of hydrogen-bond donors (Lipinski definition) is 0. The van der Waals surface area contributed by atoms with E-state index >= 15 is 0 Å². The molecule has 2 aliphatic rings. The summed E-state index contributed by atoms with van der Waals surface area (Å²) in [4.78, 5) is 0. The third-order valence-electron chi connectivity index (χ3n) is 8.19. The van der Waals surface area contributed by atoms with Crippen LogP contribution in [0, 0.1) is 0 Å². The summed E-state index contributed by atoms with van der Waals surface area (Å²) in [5.41, 5.74) is 12.6. The Balaban J connectivity index is 0.00000169. The van der Waals surface area contributed by atoms with Gasteiger partial charge in [-0.05, 0) is 0 Å². The summed E-state index contributed by atoms with van der Waals surface area (Å²) in [6.07, 6.45) is 9.11. The maximum atomic E-state index is 2.43. The quantitative estimate of drug-likeness (QED) is 0.266. The zero-order chi connectivity index (χ0) is 26.2. The van der Waals surface area contributed by atoms with Gasteiger partial charge in [-0.25, -0.2) is 0 Å². The maximum absolute atomic E-state index is 2.43. The number of rotatable bonds is 5. The van der Waals surface area contributed by atoms with Crippen LogP contribution in [0.25, 0.3) is 33.4 Å². The van der Waals surface area contributed by atoms with Gasteiger partial charge in [-0.2, -0.15) is 0 Å². The Morgan fingerprint density at radius 2 is 1.22 bits per heavy atom. The van der Waals surface area contributed by atoms with Crippen LogP contribution in [0.5, 0.6) is 0 Å². The van der Waals surface area contributed by atoms with Crippen LogP contribution in [-0.2, 0) is 23.8 Å². The van der Waals surface area contributed by atoms with Crippen LogP contribution >= 0.6 is 0 Å². The zero-order valence-corrected chi connectivity index (χ0v) is 26.0. The summed E-state index contributed by atoms with van der Waals surface area (Å²) in [6, 6.07) is 44.8. The van der Waals surface area contributed by atoms with Crippen LogP contribution in [-0.4, -0.2) is 3.81 Å². The van der Waals surface area contributed by atoms with Crippen LogP contribution < -0.4 is 28.7 Å². The second-order valence-electron chi connectivity index (χ2n) is 10.5. The first-order chi connectivity index (χ1) is 19.3. The third-order valence-corrected chi connectivity index (χ3v) is 13.1. The summed E-state index contributed by atoms with van der Waals surface area (Å²) < 4.78 is 4.85. The monoisotopic (exact) mass is 604 g/mol. The van der Waals surface area contributed by atoms with E-state index in [-0.39, 0.29) is 24.8 Å². The molecule has 3 heteroatoms. The molecule has 0 nitrogen and oxygen atoms in total. The molecule has 0 N–H and O–H groups in total. The molecule has 0 radical (unpaired) electrons. The minimum atomic E-state index is -2.09. The van der Waals surface area contributed by atoms with Crippen molar-refractivity contribution in [3.63, 3.8) is 0 Å². The van der Waals surface area contributed by atoms with E-state index in [0.29, 0.717) is 0 Å². The normalized spacial score (nSPS) is 12.9. The molecular formula is C38H30Cl2Ti. The molecule has 0 saturated heterocycles. The number of fused-ring (bicyclic) bond motifs is 3. The molecule has 0 saturated carbocycles. The first kappa shape index (κ1) is 29.2. The second kappa shape index (κ2) is 12.7. The maximum Gasteiger partial charge on any atom is -1.00 e. The first-order valence-corrected chi connectivity index (χ1v) is 16.1. The van der Waals surface area contributed by atoms with E-state index < -0.39 is 17.4 Å². The van der Waals surface area contributed by atoms with Gasteiger partial charge in [0.05, 0.1) is 0 Å². The van der Waals surface area contributed by atoms with Crippen molar-refractivity contribution in [3.05, 3.63) is 160 Å². The smallest absolute Gasteiger partial charge is 1.00 e. The molecule has 5 aromatic carbocycles. The largest absolute Gasteiger partial charge is 1.00 e. The van der Waals surface area contributed by atoms with Crippen molar-refractivity contribution in [2.45, 2.75) is 19.8 Å². The van der Waals surface area contributed by atoms with E-state index in [1.54, 1.807) is 17.1 Å². The molecule has 0 unspecified atom stereocenters. The minimum absolute atomic E-state index is 0. The van der Waals surface area contributed by atoms with Gasteiger partial charge in [0.15, 0.2) is 0 Å². The molecular weight excluding hydrogens is 575 g/mol. The van der Waals surface area contributed by atoms with Gasteiger partial charge in [-0.15, -0.1) is 0 Å². The molecule has 0 aromatic heterocycles. The van der Waals surface area contributed by atoms with Gasteiger partial charge < -0.3 is 24.8 Å². The van der Waals surface area contributed by atoms with Gasteiger partial charge in [0.25, 0.3) is 0 Å². The predicted octanol–water partition coefficient (Wildman–Crippen LogP) is 2.93. The Labute approximate surface area is 261 Å². The van der Waals surface area contributed by atoms with Gasteiger partial charge in [-0.3, -0.25) is 0 Å². The molecule has 0 heterocycles. The Morgan fingerprint density at radius 3 is 1.88 bits per heavy atom. The fourth-order valence-electron chi connectivity index (χ4n) is 6.28. The van der Waals surface area contributed by atoms with Crippen molar-refractivity contribution in [2.24, 2.45) is 0 Å². The van der Waals surface area contributed by atoms with Crippen LogP contribution in [0.1, 0.15) is 30.0 Å². The fraction of sp³-hybridized carbons (Fsp3) is 0.0789. The average Bonchev–Trinajstić information content (AvgIpc) is 3.67. The van der Waals surface area contributed by atoms with Crippen LogP contribution in [0.2, 0.25) is 0 Å². The molecule has 0 amide bonds. The van der Waals surface area contributed by atoms with E-state index in [1.165, 1.54) is 44.5 Å². The summed E-state index contributed by atoms with van der Waals surface area (Å²) >= 11 is -2.09. The molecule has 0 aliphatic heterocycles. The first-order valence-electron chi connectivity index (χ1n) is 13.8. The van der Waals surface area contributed by atoms with Crippen LogP contribution in [0.4, 0.5) is 0 Å². The van der Waals surface area contributed by atoms with Crippen LogP contribution in [0.15, 0.2) is 143 Å². The Bertz CT molecular complexity index is 1780. The SMILES string of the molecule is C/[C](c1ccccc1)=[Ti+2](\[C]1=CC=CC1)[c]1c(-c2ccccc2)ccc2c1Cc1cc(-c3ccccc3)ccc1-2.[Cl-].[Cl-]. The number of benzene rings is 5. The number of allylic oxidation sites excluding steroid dienone is 4. The van der Waals surface area contributed by atoms with Gasteiger partial charge >= 0.3 is 238 Å². The predicted molar refractivity (Wildman–Crippen MR) is 163 cm³/mol. The Morgan fingerprint density at radius 1 is 0.610 bits per heavy atom. The molecule has 0 bridgehead atoms. The topological polar surface area (TPSA) is 0 Å². The molecule has 41 heavy (non-hydrogen) atoms. The summed E-state index contributed by atoms with van der Waals surface area (Å²) in [5.74, 6) is 0. The second-order valence-corrected chi connectivity index (χ2v) is 14.6. The van der Waals surface area contributed by atoms with E-state index in [4.69, 9.17) is 0 Å². The molecule has 7 rings (SSSR count). The fourth-order valence-corrected chi connectivity index (χ4v) is 11.3. The van der Waals surface area contributed by atoms with Gasteiger partial charge in [0, 0.05) is 0 Å². The number of halogens is 2. The average molecular weight is 605 g/mol. The minimum Gasteiger partial charge on any atom is -1.00 e. The Hall–Kier alpha value is -3.26. The Kier molecular flexibility index (Phi) is 9.07. The molecule has 5 aromatic rings. The molecule has 0 fully saturated rings. The van der Waals surface area contributed by atoms with E-state index in [1.807, 2.05) is 0 Å². The van der Waals surface area contributed by atoms with Gasteiger partial charge in [-0.1, -0.05) is 0 Å². The van der Waals surface area contributed by atoms with Gasteiger partial charge in [0.1, 0.15) is 0 Å². The number of hydrogen-bond acceptors (Lipinski definition) is 0. The van der Waals surface area contributed by atoms with E-state index in [0.717, 1.165) is 12.8 Å². The molecule has 0 atom stereocenters.